The Bertz CT molecular complexity index is 414. The van der Waals surface area contributed by atoms with E-state index in [4.69, 9.17) is 17.5 Å². The zero-order chi connectivity index (χ0) is 12.2. The van der Waals surface area contributed by atoms with Gasteiger partial charge in [0.15, 0.2) is 0 Å². The fourth-order valence-electron chi connectivity index (χ4n) is 0.102. The van der Waals surface area contributed by atoms with E-state index in [9.17, 15) is 23.5 Å². The van der Waals surface area contributed by atoms with Gasteiger partial charge in [-0.05, 0) is 0 Å². The second kappa shape index (κ2) is 11.0. The van der Waals surface area contributed by atoms with Crippen LogP contribution in [0.1, 0.15) is 0 Å². The second-order valence-electron chi connectivity index (χ2n) is 1.33. The van der Waals surface area contributed by atoms with Gasteiger partial charge in [0.25, 0.3) is 0 Å². The van der Waals surface area contributed by atoms with Crippen LogP contribution in [0.5, 0.6) is 0 Å². The summed E-state index contributed by atoms with van der Waals surface area (Å²) in [5.74, 6) is 0. The summed E-state index contributed by atoms with van der Waals surface area (Å²) in [5.41, 5.74) is 0. The van der Waals surface area contributed by atoms with Gasteiger partial charge in [0.2, 0.25) is 0 Å². The Balaban J connectivity index is -0.0000000904. The van der Waals surface area contributed by atoms with Crippen LogP contribution < -0.4 is 111 Å². The maximum atomic E-state index is 9.38. The predicted octanol–water partition coefficient (Wildman–Crippen LogP) is -9.57. The first-order valence-corrected chi connectivity index (χ1v) is 7.59. The molecule has 0 amide bonds. The molecule has 0 aliphatic rings. The van der Waals surface area contributed by atoms with Crippen molar-refractivity contribution in [2.24, 2.45) is 0 Å². The summed E-state index contributed by atoms with van der Waals surface area (Å²) in [6.45, 7) is 0. The molecule has 88 valence electrons. The third-order valence-corrected chi connectivity index (χ3v) is 2.83. The summed E-state index contributed by atoms with van der Waals surface area (Å²) in [5, 5.41) is 0. The molecule has 0 aliphatic heterocycles. The Hall–Kier alpha value is 3.29. The molecule has 0 aromatic heterocycles. The van der Waals surface area contributed by atoms with Crippen molar-refractivity contribution in [2.45, 2.75) is 0 Å². The van der Waals surface area contributed by atoms with Crippen LogP contribution in [-0.4, -0.2) is 17.5 Å². The van der Waals surface area contributed by atoms with Gasteiger partial charge in [-0.3, -0.25) is 9.11 Å². The molecule has 0 unspecified atom stereocenters. The first-order valence-electron chi connectivity index (χ1n) is 2.03. The molecule has 0 heterocycles. The van der Waals surface area contributed by atoms with Gasteiger partial charge >= 0.3 is 167 Å². The molecule has 0 aliphatic carbocycles. The van der Waals surface area contributed by atoms with E-state index in [-0.39, 0.29) is 103 Å². The molecule has 0 spiro atoms. The molecule has 0 fully saturated rings. The van der Waals surface area contributed by atoms with E-state index in [2.05, 4.69) is 2.84 Å². The van der Waals surface area contributed by atoms with E-state index in [0.717, 1.165) is 0 Å². The van der Waals surface area contributed by atoms with Crippen molar-refractivity contribution < 1.29 is 174 Å². The van der Waals surface area contributed by atoms with Crippen LogP contribution >= 0.6 is 0 Å². The van der Waals surface area contributed by atoms with Crippen LogP contribution in [0.25, 0.3) is 0 Å². The number of hydrogen-bond acceptors (Lipinski definition) is 9. The third-order valence-electron chi connectivity index (χ3n) is 0.167. The molecule has 0 aromatic carbocycles. The number of rotatable bonds is 2. The fraction of sp³-hybridized carbons (Fsp3) is 0. The van der Waals surface area contributed by atoms with Gasteiger partial charge in [-0.1, -0.05) is 0 Å². The molecule has 2 N–H and O–H groups in total. The zero-order valence-corrected chi connectivity index (χ0v) is 17.4. The fourth-order valence-corrected chi connectivity index (χ4v) is 1.74. The van der Waals surface area contributed by atoms with Crippen LogP contribution in [0.15, 0.2) is 0 Å². The van der Waals surface area contributed by atoms with Crippen molar-refractivity contribution in [1.82, 2.24) is 0 Å². The van der Waals surface area contributed by atoms with E-state index in [0.29, 0.717) is 0 Å². The Labute approximate surface area is 180 Å². The van der Waals surface area contributed by atoms with E-state index in [1.54, 1.807) is 0 Å². The SMILES string of the molecule is O=S(=O)(O)O.[K+].[K+].[O]=[Cr](=[O])([O-])[O][Cr](=[O])(=[O])[O-]. The Morgan fingerprint density at radius 1 is 0.875 bits per heavy atom. The molecule has 0 aromatic rings. The van der Waals surface area contributed by atoms with Gasteiger partial charge in [-0.2, -0.15) is 8.42 Å². The van der Waals surface area contributed by atoms with E-state index in [1.165, 1.54) is 0 Å². The molecule has 11 nitrogen and oxygen atoms in total. The van der Waals surface area contributed by atoms with E-state index >= 15 is 0 Å². The molecular formula is H2Cr2K2O11S. The van der Waals surface area contributed by atoms with Crippen LogP contribution in [0.4, 0.5) is 0 Å². The first-order chi connectivity index (χ1) is 5.71. The van der Waals surface area contributed by atoms with Gasteiger partial charge in [-0.15, -0.1) is 0 Å². The van der Waals surface area contributed by atoms with Gasteiger partial charge in [0.05, 0.1) is 0 Å². The molecule has 16 heteroatoms. The van der Waals surface area contributed by atoms with Crippen molar-refractivity contribution in [3.63, 3.8) is 0 Å². The first kappa shape index (κ1) is 27.6. The molecule has 16 heavy (non-hydrogen) atoms. The minimum atomic E-state index is -6.07. The van der Waals surface area contributed by atoms with Gasteiger partial charge in [0, 0.05) is 0 Å². The normalized spacial score (nSPS) is 11.2. The Morgan fingerprint density at radius 3 is 1.00 bits per heavy atom. The van der Waals surface area contributed by atoms with Gasteiger partial charge in [-0.25, -0.2) is 0 Å². The summed E-state index contributed by atoms with van der Waals surface area (Å²) < 4.78 is 90.5. The summed E-state index contributed by atoms with van der Waals surface area (Å²) >= 11 is -12.1. The van der Waals surface area contributed by atoms with E-state index in [1.807, 2.05) is 0 Å². The molecule has 0 bridgehead atoms. The summed E-state index contributed by atoms with van der Waals surface area (Å²) in [7, 11) is -4.67. The van der Waals surface area contributed by atoms with E-state index < -0.39 is 37.6 Å². The third kappa shape index (κ3) is 53.2. The van der Waals surface area contributed by atoms with Crippen LogP contribution in [0.2, 0.25) is 0 Å². The van der Waals surface area contributed by atoms with Crippen LogP contribution in [0.3, 0.4) is 0 Å². The summed E-state index contributed by atoms with van der Waals surface area (Å²) in [6.07, 6.45) is 0. The minimum absolute atomic E-state index is 0. The molecular weight excluding hydrogens is 390 g/mol. The molecule has 0 saturated heterocycles. The average molecular weight is 392 g/mol. The van der Waals surface area contributed by atoms with Crippen molar-refractivity contribution in [2.75, 3.05) is 0 Å². The van der Waals surface area contributed by atoms with Gasteiger partial charge in [0.1, 0.15) is 0 Å². The monoisotopic (exact) mass is 392 g/mol. The zero-order valence-electron chi connectivity index (χ0n) is 7.79. The van der Waals surface area contributed by atoms with Crippen molar-refractivity contribution in [3.8, 4) is 0 Å². The summed E-state index contributed by atoms with van der Waals surface area (Å²) in [6, 6.07) is 0. The Kier molecular flexibility index (Phi) is 19.0. The van der Waals surface area contributed by atoms with Crippen molar-refractivity contribution >= 4 is 10.4 Å². The maximum absolute atomic E-state index is 9.38. The standard InChI is InChI=1S/2Cr.2K.H2O4S.7O/c;;;;1-5(2,3)4;;;;;;;/h;;;;(H2,1,2,3,4);;;;;;;/q;;2*+1;;;;;;;2*-1. The molecule has 0 saturated carbocycles. The predicted molar refractivity (Wildman–Crippen MR) is 18.0 cm³/mol. The average Bonchev–Trinajstić information content (AvgIpc) is 1.42. The number of hydrogen-bond donors (Lipinski definition) is 2. The molecule has 0 atom stereocenters. The molecule has 0 rings (SSSR count). The quantitative estimate of drug-likeness (QED) is 0.334. The van der Waals surface area contributed by atoms with Crippen molar-refractivity contribution in [3.05, 3.63) is 0 Å². The molecule has 0 radical (unpaired) electrons. The van der Waals surface area contributed by atoms with Crippen molar-refractivity contribution in [1.29, 1.82) is 0 Å². The second-order valence-corrected chi connectivity index (χ2v) is 5.87. The van der Waals surface area contributed by atoms with Gasteiger partial charge < -0.3 is 0 Å². The van der Waals surface area contributed by atoms with Crippen LogP contribution in [0, 0.1) is 0 Å². The Morgan fingerprint density at radius 2 is 1.00 bits per heavy atom. The topological polar surface area (TPSA) is 198 Å². The van der Waals surface area contributed by atoms with Crippen LogP contribution in [-0.2, 0) is 55.7 Å². The summed E-state index contributed by atoms with van der Waals surface area (Å²) in [4.78, 5) is 0.